The first kappa shape index (κ1) is 15.8. The summed E-state index contributed by atoms with van der Waals surface area (Å²) in [7, 11) is 4.19. The molecule has 0 amide bonds. The molecule has 1 aromatic heterocycles. The van der Waals surface area contributed by atoms with Gasteiger partial charge in [-0.05, 0) is 40.8 Å². The van der Waals surface area contributed by atoms with Gasteiger partial charge in [-0.3, -0.25) is 0 Å². The van der Waals surface area contributed by atoms with Crippen LogP contribution < -0.4 is 15.0 Å². The molecule has 1 fully saturated rings. The normalized spacial score (nSPS) is 18.3. The molecule has 1 aromatic rings. The Bertz CT molecular complexity index is 429. The lowest BCUT2D eigenvalue weighted by Crippen LogP contribution is -2.38. The number of nitrogens with zero attached hydrogens (tertiary/aromatic N) is 5. The van der Waals surface area contributed by atoms with E-state index in [1.165, 1.54) is 12.8 Å². The van der Waals surface area contributed by atoms with E-state index in [0.717, 1.165) is 19.6 Å². The average Bonchev–Trinajstić information content (AvgIpc) is 2.86. The van der Waals surface area contributed by atoms with E-state index in [4.69, 9.17) is 4.74 Å². The predicted molar refractivity (Wildman–Crippen MR) is 84.1 cm³/mol. The Morgan fingerprint density at radius 3 is 2.76 bits per heavy atom. The smallest absolute Gasteiger partial charge is 0.323 e. The maximum Gasteiger partial charge on any atom is 0.323 e. The molecular weight excluding hydrogens is 268 g/mol. The third-order valence-corrected chi connectivity index (χ3v) is 3.42. The fourth-order valence-corrected chi connectivity index (χ4v) is 2.62. The van der Waals surface area contributed by atoms with Crippen LogP contribution in [0.5, 0.6) is 6.01 Å². The Morgan fingerprint density at radius 2 is 2.10 bits per heavy atom. The van der Waals surface area contributed by atoms with Crippen molar-refractivity contribution in [3.63, 3.8) is 0 Å². The number of hydrogen-bond acceptors (Lipinski definition) is 7. The molecule has 7 heteroatoms. The fraction of sp³-hybridized carbons (Fsp3) is 0.786. The van der Waals surface area contributed by atoms with Gasteiger partial charge in [0, 0.05) is 25.7 Å². The quantitative estimate of drug-likeness (QED) is 0.811. The van der Waals surface area contributed by atoms with Crippen molar-refractivity contribution in [2.75, 3.05) is 50.6 Å². The van der Waals surface area contributed by atoms with Gasteiger partial charge in [0.25, 0.3) is 0 Å². The Hall–Kier alpha value is -1.63. The highest BCUT2D eigenvalue weighted by Gasteiger charge is 2.28. The molecule has 0 aromatic carbocycles. The minimum atomic E-state index is 0.397. The van der Waals surface area contributed by atoms with Crippen LogP contribution in [0.15, 0.2) is 0 Å². The predicted octanol–water partition coefficient (Wildman–Crippen LogP) is 1.23. The molecule has 1 aliphatic rings. The summed E-state index contributed by atoms with van der Waals surface area (Å²) in [5.41, 5.74) is 0. The van der Waals surface area contributed by atoms with E-state index in [1.807, 2.05) is 13.8 Å². The lowest BCUT2D eigenvalue weighted by Gasteiger charge is -2.27. The van der Waals surface area contributed by atoms with Crippen LogP contribution in [0.4, 0.5) is 11.9 Å². The zero-order valence-electron chi connectivity index (χ0n) is 13.5. The van der Waals surface area contributed by atoms with E-state index in [-0.39, 0.29) is 0 Å². The molecule has 7 nitrogen and oxygen atoms in total. The highest BCUT2D eigenvalue weighted by molar-refractivity contribution is 5.40. The Morgan fingerprint density at radius 1 is 1.29 bits per heavy atom. The standard InChI is InChI=1S/C14H26N6O/c1-5-15-12-16-13(18-14(17-12)21-6-2)20-9-7-8-11(20)10-19(3)4/h11H,5-10H2,1-4H3,(H,15,16,17,18). The van der Waals surface area contributed by atoms with Gasteiger partial charge < -0.3 is 19.9 Å². The maximum absolute atomic E-state index is 5.47. The number of aromatic nitrogens is 3. The van der Waals surface area contributed by atoms with Crippen LogP contribution in [0, 0.1) is 0 Å². The largest absolute Gasteiger partial charge is 0.464 e. The molecule has 21 heavy (non-hydrogen) atoms. The first-order valence-electron chi connectivity index (χ1n) is 7.68. The van der Waals surface area contributed by atoms with Gasteiger partial charge in [0.05, 0.1) is 6.61 Å². The lowest BCUT2D eigenvalue weighted by molar-refractivity contribution is 0.311. The van der Waals surface area contributed by atoms with Crippen molar-refractivity contribution in [3.8, 4) is 6.01 Å². The summed E-state index contributed by atoms with van der Waals surface area (Å²) in [5, 5.41) is 3.15. The van der Waals surface area contributed by atoms with Crippen molar-refractivity contribution < 1.29 is 4.74 Å². The van der Waals surface area contributed by atoms with E-state index in [1.54, 1.807) is 0 Å². The summed E-state index contributed by atoms with van der Waals surface area (Å²) in [4.78, 5) is 17.8. The minimum Gasteiger partial charge on any atom is -0.464 e. The van der Waals surface area contributed by atoms with E-state index in [0.29, 0.717) is 30.6 Å². The first-order valence-corrected chi connectivity index (χ1v) is 7.68. The van der Waals surface area contributed by atoms with E-state index in [2.05, 4.69) is 44.2 Å². The highest BCUT2D eigenvalue weighted by Crippen LogP contribution is 2.24. The molecule has 0 aliphatic carbocycles. The summed E-state index contributed by atoms with van der Waals surface area (Å²) in [6, 6.07) is 0.848. The second kappa shape index (κ2) is 7.40. The topological polar surface area (TPSA) is 66.4 Å². The highest BCUT2D eigenvalue weighted by atomic mass is 16.5. The Balaban J connectivity index is 2.23. The average molecular weight is 294 g/mol. The zero-order chi connectivity index (χ0) is 15.2. The van der Waals surface area contributed by atoms with Crippen LogP contribution in [0.1, 0.15) is 26.7 Å². The van der Waals surface area contributed by atoms with Crippen molar-refractivity contribution in [2.45, 2.75) is 32.7 Å². The third kappa shape index (κ3) is 4.17. The molecular formula is C14H26N6O. The van der Waals surface area contributed by atoms with Gasteiger partial charge in [0.1, 0.15) is 0 Å². The molecule has 1 atom stereocenters. The summed E-state index contributed by atoms with van der Waals surface area (Å²) < 4.78 is 5.47. The van der Waals surface area contributed by atoms with Gasteiger partial charge in [0.15, 0.2) is 0 Å². The lowest BCUT2D eigenvalue weighted by atomic mass is 10.2. The van der Waals surface area contributed by atoms with E-state index in [9.17, 15) is 0 Å². The molecule has 1 unspecified atom stereocenters. The van der Waals surface area contributed by atoms with Crippen molar-refractivity contribution in [3.05, 3.63) is 0 Å². The van der Waals surface area contributed by atoms with Gasteiger partial charge in [-0.15, -0.1) is 0 Å². The van der Waals surface area contributed by atoms with Crippen LogP contribution in [0.3, 0.4) is 0 Å². The molecule has 1 N–H and O–H groups in total. The third-order valence-electron chi connectivity index (χ3n) is 3.42. The first-order chi connectivity index (χ1) is 10.1. The number of rotatable bonds is 7. The van der Waals surface area contributed by atoms with Crippen molar-refractivity contribution in [2.24, 2.45) is 0 Å². The van der Waals surface area contributed by atoms with Gasteiger partial charge >= 0.3 is 6.01 Å². The van der Waals surface area contributed by atoms with Crippen LogP contribution in [0.2, 0.25) is 0 Å². The van der Waals surface area contributed by atoms with Crippen LogP contribution in [-0.2, 0) is 0 Å². The molecule has 1 aliphatic heterocycles. The van der Waals surface area contributed by atoms with Crippen molar-refractivity contribution >= 4 is 11.9 Å². The van der Waals surface area contributed by atoms with Crippen LogP contribution in [0.25, 0.3) is 0 Å². The Kier molecular flexibility index (Phi) is 5.55. The van der Waals surface area contributed by atoms with Crippen LogP contribution >= 0.6 is 0 Å². The maximum atomic E-state index is 5.47. The number of ether oxygens (including phenoxy) is 1. The monoisotopic (exact) mass is 294 g/mol. The van der Waals surface area contributed by atoms with Crippen LogP contribution in [-0.4, -0.2) is 66.2 Å². The molecule has 0 spiro atoms. The summed E-state index contributed by atoms with van der Waals surface area (Å²) >= 11 is 0. The van der Waals surface area contributed by atoms with Gasteiger partial charge in [-0.2, -0.15) is 15.0 Å². The van der Waals surface area contributed by atoms with E-state index < -0.39 is 0 Å². The molecule has 2 rings (SSSR count). The molecule has 0 bridgehead atoms. The van der Waals surface area contributed by atoms with Gasteiger partial charge in [-0.25, -0.2) is 0 Å². The summed E-state index contributed by atoms with van der Waals surface area (Å²) in [5.74, 6) is 1.30. The number of likely N-dealkylation sites (N-methyl/N-ethyl adjacent to an activating group) is 1. The second-order valence-electron chi connectivity index (χ2n) is 5.46. The fourth-order valence-electron chi connectivity index (χ4n) is 2.62. The minimum absolute atomic E-state index is 0.397. The zero-order valence-corrected chi connectivity index (χ0v) is 13.5. The van der Waals surface area contributed by atoms with Crippen molar-refractivity contribution in [1.29, 1.82) is 0 Å². The summed E-state index contributed by atoms with van der Waals surface area (Å²) in [6.07, 6.45) is 2.34. The molecule has 0 radical (unpaired) electrons. The number of nitrogens with one attached hydrogen (secondary N) is 1. The summed E-state index contributed by atoms with van der Waals surface area (Å²) in [6.45, 7) is 7.27. The number of hydrogen-bond donors (Lipinski definition) is 1. The van der Waals surface area contributed by atoms with E-state index >= 15 is 0 Å². The molecule has 118 valence electrons. The molecule has 0 saturated carbocycles. The molecule has 1 saturated heterocycles. The second-order valence-corrected chi connectivity index (χ2v) is 5.46. The molecule has 2 heterocycles. The SMILES string of the molecule is CCNc1nc(OCC)nc(N2CCCC2CN(C)C)n1. The van der Waals surface area contributed by atoms with Gasteiger partial charge in [0.2, 0.25) is 11.9 Å². The van der Waals surface area contributed by atoms with Crippen molar-refractivity contribution in [1.82, 2.24) is 19.9 Å². The number of anilines is 2. The Labute approximate surface area is 126 Å². The van der Waals surface area contributed by atoms with Gasteiger partial charge in [-0.1, -0.05) is 0 Å².